The molecule has 1 fully saturated rings. The molecule has 1 amide bonds. The zero-order chi connectivity index (χ0) is 24.8. The lowest BCUT2D eigenvalue weighted by molar-refractivity contribution is -0.140. The molecule has 0 bridgehead atoms. The summed E-state index contributed by atoms with van der Waals surface area (Å²) in [6.07, 6.45) is -2.86. The monoisotopic (exact) mass is 476 g/mol. The van der Waals surface area contributed by atoms with E-state index in [-0.39, 0.29) is 40.5 Å². The number of pyridine rings is 1. The second-order valence-corrected chi connectivity index (χ2v) is 8.37. The number of nitrogens with zero attached hydrogens (tertiary/aromatic N) is 3. The van der Waals surface area contributed by atoms with Gasteiger partial charge in [-0.15, -0.1) is 6.58 Å². The second-order valence-electron chi connectivity index (χ2n) is 8.37. The zero-order valence-electron chi connectivity index (χ0n) is 18.5. The first-order valence-corrected chi connectivity index (χ1v) is 10.4. The highest BCUT2D eigenvalue weighted by atomic mass is 19.4. The molecule has 3 heterocycles. The zero-order valence-corrected chi connectivity index (χ0v) is 18.5. The maximum Gasteiger partial charge on any atom is 0.433 e. The molecule has 2 atom stereocenters. The molecule has 1 aliphatic heterocycles. The van der Waals surface area contributed by atoms with Gasteiger partial charge in [-0.3, -0.25) is 4.79 Å². The highest BCUT2D eigenvalue weighted by Gasteiger charge is 2.37. The quantitative estimate of drug-likeness (QED) is 0.540. The summed E-state index contributed by atoms with van der Waals surface area (Å²) in [5.41, 5.74) is 4.20. The van der Waals surface area contributed by atoms with Crippen molar-refractivity contribution in [3.05, 3.63) is 54.1 Å². The minimum atomic E-state index is -4.64. The van der Waals surface area contributed by atoms with Gasteiger partial charge >= 0.3 is 6.18 Å². The number of rotatable bonds is 5. The minimum Gasteiger partial charge on any atom is -0.494 e. The Morgan fingerprint density at radius 1 is 1.35 bits per heavy atom. The van der Waals surface area contributed by atoms with Crippen LogP contribution in [-0.4, -0.2) is 51.7 Å². The SMILES string of the molecule is C=C[C@H](N)c1oc(-c2ccc(OC)c3nc(C(F)(F)F)ccc23)nc1C(=O)N1CCC(C)(O)C1. The molecule has 0 aliphatic carbocycles. The molecule has 1 unspecified atom stereocenters. The molecule has 34 heavy (non-hydrogen) atoms. The van der Waals surface area contributed by atoms with Crippen LogP contribution < -0.4 is 10.5 Å². The molecule has 0 spiro atoms. The van der Waals surface area contributed by atoms with Gasteiger partial charge in [0.25, 0.3) is 5.91 Å². The number of fused-ring (bicyclic) bond motifs is 1. The Hall–Kier alpha value is -3.44. The van der Waals surface area contributed by atoms with Crippen LogP contribution in [-0.2, 0) is 6.18 Å². The van der Waals surface area contributed by atoms with Crippen LogP contribution in [0.25, 0.3) is 22.4 Å². The first kappa shape index (κ1) is 23.7. The van der Waals surface area contributed by atoms with E-state index in [0.29, 0.717) is 18.5 Å². The molecule has 1 saturated heterocycles. The summed E-state index contributed by atoms with van der Waals surface area (Å²) in [5.74, 6) is -0.299. The fourth-order valence-corrected chi connectivity index (χ4v) is 3.90. The van der Waals surface area contributed by atoms with E-state index in [4.69, 9.17) is 14.9 Å². The van der Waals surface area contributed by atoms with Gasteiger partial charge in [-0.1, -0.05) is 6.08 Å². The van der Waals surface area contributed by atoms with Crippen LogP contribution in [0.4, 0.5) is 13.2 Å². The number of amides is 1. The Kier molecular flexibility index (Phi) is 5.86. The van der Waals surface area contributed by atoms with E-state index < -0.39 is 29.4 Å². The molecule has 3 N–H and O–H groups in total. The number of likely N-dealkylation sites (tertiary alicyclic amines) is 1. The third-order valence-electron chi connectivity index (χ3n) is 5.71. The van der Waals surface area contributed by atoms with Crippen molar-refractivity contribution in [2.24, 2.45) is 5.73 Å². The highest BCUT2D eigenvalue weighted by molar-refractivity contribution is 5.98. The third kappa shape index (κ3) is 4.24. The van der Waals surface area contributed by atoms with Crippen LogP contribution in [0.3, 0.4) is 0 Å². The molecule has 2 aromatic heterocycles. The maximum absolute atomic E-state index is 13.2. The number of halogens is 3. The van der Waals surface area contributed by atoms with E-state index in [2.05, 4.69) is 16.5 Å². The summed E-state index contributed by atoms with van der Waals surface area (Å²) in [6.45, 7) is 5.71. The minimum absolute atomic E-state index is 0.0178. The third-order valence-corrected chi connectivity index (χ3v) is 5.71. The number of nitrogens with two attached hydrogens (primary N) is 1. The number of hydrogen-bond donors (Lipinski definition) is 2. The smallest absolute Gasteiger partial charge is 0.433 e. The fourth-order valence-electron chi connectivity index (χ4n) is 3.90. The van der Waals surface area contributed by atoms with E-state index in [0.717, 1.165) is 6.07 Å². The van der Waals surface area contributed by atoms with Crippen LogP contribution in [0.2, 0.25) is 0 Å². The topological polar surface area (TPSA) is 115 Å². The summed E-state index contributed by atoms with van der Waals surface area (Å²) in [4.78, 5) is 22.7. The average Bonchev–Trinajstić information content (AvgIpc) is 3.39. The lowest BCUT2D eigenvalue weighted by atomic mass is 10.1. The molecule has 11 heteroatoms. The van der Waals surface area contributed by atoms with Gasteiger partial charge in [0.15, 0.2) is 11.5 Å². The van der Waals surface area contributed by atoms with Crippen molar-refractivity contribution in [1.29, 1.82) is 0 Å². The number of oxazole rings is 1. The number of aliphatic hydroxyl groups is 1. The second kappa shape index (κ2) is 8.41. The first-order valence-electron chi connectivity index (χ1n) is 10.4. The molecule has 8 nitrogen and oxygen atoms in total. The fraction of sp³-hybridized carbons (Fsp3) is 0.348. The Balaban J connectivity index is 1.85. The molecular weight excluding hydrogens is 453 g/mol. The maximum atomic E-state index is 13.2. The Morgan fingerprint density at radius 3 is 2.68 bits per heavy atom. The van der Waals surface area contributed by atoms with Crippen LogP contribution in [0.5, 0.6) is 5.75 Å². The normalized spacial score (nSPS) is 19.4. The van der Waals surface area contributed by atoms with Crippen LogP contribution >= 0.6 is 0 Å². The summed E-state index contributed by atoms with van der Waals surface area (Å²) in [7, 11) is 1.32. The Labute approximate surface area is 192 Å². The lowest BCUT2D eigenvalue weighted by Crippen LogP contribution is -2.34. The highest BCUT2D eigenvalue weighted by Crippen LogP contribution is 2.38. The van der Waals surface area contributed by atoms with E-state index in [9.17, 15) is 23.1 Å². The van der Waals surface area contributed by atoms with Gasteiger partial charge in [-0.25, -0.2) is 9.97 Å². The van der Waals surface area contributed by atoms with Crippen molar-refractivity contribution in [3.63, 3.8) is 0 Å². The molecule has 4 rings (SSSR count). The van der Waals surface area contributed by atoms with Crippen LogP contribution in [0, 0.1) is 0 Å². The molecule has 1 aromatic carbocycles. The number of hydrogen-bond acceptors (Lipinski definition) is 7. The number of carbonyl (C=O) groups excluding carboxylic acids is 1. The number of alkyl halides is 3. The Bertz CT molecular complexity index is 1270. The average molecular weight is 476 g/mol. The lowest BCUT2D eigenvalue weighted by Gasteiger charge is -2.18. The molecule has 0 saturated carbocycles. The standard InChI is InChI=1S/C23H23F3N4O4/c1-4-14(27)19-18(21(31)30-10-9-22(2,32)11-30)29-20(34-19)13-5-7-15(33-3)17-12(13)6-8-16(28-17)23(24,25)26/h4-8,14,32H,1,9-11,27H2,2-3H3/t14-,22?/m0/s1. The van der Waals surface area contributed by atoms with E-state index in [1.54, 1.807) is 13.0 Å². The molecule has 1 aliphatic rings. The predicted octanol–water partition coefficient (Wildman–Crippen LogP) is 3.70. The van der Waals surface area contributed by atoms with Gasteiger partial charge < -0.3 is 24.9 Å². The van der Waals surface area contributed by atoms with Crippen molar-refractivity contribution < 1.29 is 32.2 Å². The largest absolute Gasteiger partial charge is 0.494 e. The van der Waals surface area contributed by atoms with Gasteiger partial charge in [0, 0.05) is 24.0 Å². The number of methoxy groups -OCH3 is 1. The van der Waals surface area contributed by atoms with Gasteiger partial charge in [0.2, 0.25) is 5.89 Å². The van der Waals surface area contributed by atoms with Gasteiger partial charge in [0.1, 0.15) is 17.0 Å². The molecule has 0 radical (unpaired) electrons. The van der Waals surface area contributed by atoms with Gasteiger partial charge in [0.05, 0.1) is 18.8 Å². The van der Waals surface area contributed by atoms with Crippen molar-refractivity contribution in [2.75, 3.05) is 20.2 Å². The summed E-state index contributed by atoms with van der Waals surface area (Å²) < 4.78 is 50.8. The molecule has 3 aromatic rings. The summed E-state index contributed by atoms with van der Waals surface area (Å²) in [5, 5.41) is 10.5. The van der Waals surface area contributed by atoms with Crippen LogP contribution in [0.1, 0.15) is 41.3 Å². The number of aromatic nitrogens is 2. The van der Waals surface area contributed by atoms with Crippen molar-refractivity contribution in [2.45, 2.75) is 31.2 Å². The van der Waals surface area contributed by atoms with Gasteiger partial charge in [-0.2, -0.15) is 13.2 Å². The number of ether oxygens (including phenoxy) is 1. The van der Waals surface area contributed by atoms with E-state index in [1.165, 1.54) is 30.2 Å². The summed E-state index contributed by atoms with van der Waals surface area (Å²) in [6, 6.07) is 4.24. The number of carbonyl (C=O) groups is 1. The van der Waals surface area contributed by atoms with Crippen molar-refractivity contribution >= 4 is 16.8 Å². The number of β-amino-alcohol motifs (C(OH)–C–C–N with tert-alkyl or cyclic N) is 1. The Morgan fingerprint density at radius 2 is 2.09 bits per heavy atom. The van der Waals surface area contributed by atoms with Crippen molar-refractivity contribution in [1.82, 2.24) is 14.9 Å². The molecule has 180 valence electrons. The summed E-state index contributed by atoms with van der Waals surface area (Å²) >= 11 is 0. The predicted molar refractivity (Wildman–Crippen MR) is 117 cm³/mol. The molecular formula is C23H23F3N4O4. The van der Waals surface area contributed by atoms with E-state index in [1.807, 2.05) is 0 Å². The number of benzene rings is 1. The first-order chi connectivity index (χ1) is 15.9. The van der Waals surface area contributed by atoms with Crippen LogP contribution in [0.15, 0.2) is 41.3 Å². The van der Waals surface area contributed by atoms with Crippen molar-refractivity contribution in [3.8, 4) is 17.2 Å². The van der Waals surface area contributed by atoms with Gasteiger partial charge in [-0.05, 0) is 37.6 Å². The van der Waals surface area contributed by atoms with E-state index >= 15 is 0 Å².